The van der Waals surface area contributed by atoms with E-state index < -0.39 is 0 Å². The highest BCUT2D eigenvalue weighted by Gasteiger charge is 2.04. The molecule has 0 aliphatic rings. The first-order valence-electron chi connectivity index (χ1n) is 7.17. The summed E-state index contributed by atoms with van der Waals surface area (Å²) in [6.45, 7) is 5.87. The molecule has 4 nitrogen and oxygen atoms in total. The van der Waals surface area contributed by atoms with Gasteiger partial charge in [0.25, 0.3) is 0 Å². The van der Waals surface area contributed by atoms with Gasteiger partial charge in [0.1, 0.15) is 0 Å². The molecule has 0 radical (unpaired) electrons. The van der Waals surface area contributed by atoms with Gasteiger partial charge >= 0.3 is 0 Å². The molecule has 0 unspecified atom stereocenters. The van der Waals surface area contributed by atoms with E-state index in [2.05, 4.69) is 24.1 Å². The maximum atomic E-state index is 5.94. The number of nitrogens with two attached hydrogens (primary N) is 1. The Morgan fingerprint density at radius 3 is 2.90 bits per heavy atom. The van der Waals surface area contributed by atoms with Crippen molar-refractivity contribution in [2.24, 2.45) is 0 Å². The topological polar surface area (TPSA) is 60.2 Å². The number of fused-ring (bicyclic) bond motifs is 1. The predicted molar refractivity (Wildman–Crippen MR) is 85.0 cm³/mol. The SMILES string of the molecule is CC(C)OCCCCNc1ccc(N)c2ncccc12. The van der Waals surface area contributed by atoms with Gasteiger partial charge < -0.3 is 15.8 Å². The van der Waals surface area contributed by atoms with E-state index in [4.69, 9.17) is 10.5 Å². The zero-order valence-electron chi connectivity index (χ0n) is 12.2. The van der Waals surface area contributed by atoms with Crippen molar-refractivity contribution in [2.75, 3.05) is 24.2 Å². The molecule has 0 atom stereocenters. The summed E-state index contributed by atoms with van der Waals surface area (Å²) in [5.74, 6) is 0. The van der Waals surface area contributed by atoms with E-state index in [-0.39, 0.29) is 0 Å². The van der Waals surface area contributed by atoms with Gasteiger partial charge in [0.05, 0.1) is 17.3 Å². The lowest BCUT2D eigenvalue weighted by atomic mass is 10.1. The number of ether oxygens (including phenoxy) is 1. The number of hydrogen-bond donors (Lipinski definition) is 2. The third-order valence-electron chi connectivity index (χ3n) is 3.14. The summed E-state index contributed by atoms with van der Waals surface area (Å²) in [5.41, 5.74) is 8.61. The summed E-state index contributed by atoms with van der Waals surface area (Å²) in [7, 11) is 0. The van der Waals surface area contributed by atoms with Crippen LogP contribution in [0.4, 0.5) is 11.4 Å². The van der Waals surface area contributed by atoms with E-state index in [9.17, 15) is 0 Å². The average molecular weight is 273 g/mol. The minimum absolute atomic E-state index is 0.315. The largest absolute Gasteiger partial charge is 0.397 e. The molecule has 0 amide bonds. The van der Waals surface area contributed by atoms with Gasteiger partial charge in [-0.3, -0.25) is 4.98 Å². The van der Waals surface area contributed by atoms with E-state index in [0.717, 1.165) is 48.3 Å². The Morgan fingerprint density at radius 1 is 1.25 bits per heavy atom. The Labute approximate surface area is 120 Å². The standard InChI is InChI=1S/C16H23N3O/c1-12(2)20-11-4-3-9-18-15-8-7-14(17)16-13(15)6-5-10-19-16/h5-8,10,12,18H,3-4,9,11,17H2,1-2H3. The molecule has 0 saturated carbocycles. The van der Waals surface area contributed by atoms with Crippen LogP contribution in [0.25, 0.3) is 10.9 Å². The molecule has 20 heavy (non-hydrogen) atoms. The zero-order valence-corrected chi connectivity index (χ0v) is 12.2. The zero-order chi connectivity index (χ0) is 14.4. The predicted octanol–water partition coefficient (Wildman–Crippen LogP) is 3.43. The van der Waals surface area contributed by atoms with E-state index in [1.807, 2.05) is 24.3 Å². The van der Waals surface area contributed by atoms with Gasteiger partial charge in [0.15, 0.2) is 0 Å². The van der Waals surface area contributed by atoms with Gasteiger partial charge in [-0.2, -0.15) is 0 Å². The van der Waals surface area contributed by atoms with Crippen LogP contribution in [-0.2, 0) is 4.74 Å². The molecule has 2 aromatic rings. The second-order valence-electron chi connectivity index (χ2n) is 5.16. The molecule has 1 heterocycles. The van der Waals surface area contributed by atoms with E-state index >= 15 is 0 Å². The number of hydrogen-bond acceptors (Lipinski definition) is 4. The van der Waals surface area contributed by atoms with Crippen molar-refractivity contribution in [2.45, 2.75) is 32.8 Å². The first kappa shape index (κ1) is 14.6. The molecule has 4 heteroatoms. The molecule has 1 aromatic carbocycles. The quantitative estimate of drug-likeness (QED) is 0.599. The van der Waals surface area contributed by atoms with Gasteiger partial charge in [0, 0.05) is 30.4 Å². The molecule has 0 saturated heterocycles. The van der Waals surface area contributed by atoms with Crippen LogP contribution in [0.3, 0.4) is 0 Å². The smallest absolute Gasteiger partial charge is 0.0951 e. The number of nitrogens with zero attached hydrogens (tertiary/aromatic N) is 1. The fourth-order valence-corrected chi connectivity index (χ4v) is 2.12. The minimum atomic E-state index is 0.315. The van der Waals surface area contributed by atoms with Crippen LogP contribution in [0.1, 0.15) is 26.7 Å². The maximum Gasteiger partial charge on any atom is 0.0951 e. The summed E-state index contributed by atoms with van der Waals surface area (Å²) >= 11 is 0. The Hall–Kier alpha value is -1.81. The number of anilines is 2. The molecule has 3 N–H and O–H groups in total. The van der Waals surface area contributed by atoms with Gasteiger partial charge in [0.2, 0.25) is 0 Å². The van der Waals surface area contributed by atoms with E-state index in [0.29, 0.717) is 6.10 Å². The van der Waals surface area contributed by atoms with Crippen LogP contribution in [-0.4, -0.2) is 24.2 Å². The number of aromatic nitrogens is 1. The van der Waals surface area contributed by atoms with Crippen molar-refractivity contribution in [3.8, 4) is 0 Å². The fourth-order valence-electron chi connectivity index (χ4n) is 2.12. The highest BCUT2D eigenvalue weighted by molar-refractivity contribution is 5.98. The highest BCUT2D eigenvalue weighted by atomic mass is 16.5. The number of rotatable bonds is 7. The van der Waals surface area contributed by atoms with Gasteiger partial charge in [-0.1, -0.05) is 0 Å². The molecule has 2 rings (SSSR count). The Morgan fingerprint density at radius 2 is 2.10 bits per heavy atom. The number of nitrogen functional groups attached to an aromatic ring is 1. The normalized spacial score (nSPS) is 11.2. The lowest BCUT2D eigenvalue weighted by Crippen LogP contribution is -2.07. The highest BCUT2D eigenvalue weighted by Crippen LogP contribution is 2.26. The molecule has 0 aliphatic heterocycles. The first-order valence-corrected chi connectivity index (χ1v) is 7.17. The lowest BCUT2D eigenvalue weighted by Gasteiger charge is -2.11. The van der Waals surface area contributed by atoms with Crippen molar-refractivity contribution in [1.29, 1.82) is 0 Å². The van der Waals surface area contributed by atoms with Gasteiger partial charge in [-0.25, -0.2) is 0 Å². The molecular weight excluding hydrogens is 250 g/mol. The number of pyridine rings is 1. The van der Waals surface area contributed by atoms with Gasteiger partial charge in [-0.15, -0.1) is 0 Å². The Balaban J connectivity index is 1.89. The summed E-state index contributed by atoms with van der Waals surface area (Å²) in [6, 6.07) is 7.90. The fraction of sp³-hybridized carbons (Fsp3) is 0.438. The van der Waals surface area contributed by atoms with Crippen molar-refractivity contribution < 1.29 is 4.74 Å². The first-order chi connectivity index (χ1) is 9.68. The van der Waals surface area contributed by atoms with Crippen LogP contribution < -0.4 is 11.1 Å². The Bertz CT molecular complexity index is 554. The molecule has 108 valence electrons. The molecular formula is C16H23N3O. The summed E-state index contributed by atoms with van der Waals surface area (Å²) in [6.07, 6.45) is 4.23. The number of unbranched alkanes of at least 4 members (excludes halogenated alkanes) is 1. The molecule has 1 aromatic heterocycles. The third kappa shape index (κ3) is 3.84. The summed E-state index contributed by atoms with van der Waals surface area (Å²) in [5, 5.41) is 4.53. The van der Waals surface area contributed by atoms with Crippen molar-refractivity contribution in [1.82, 2.24) is 4.98 Å². The van der Waals surface area contributed by atoms with Crippen molar-refractivity contribution in [3.63, 3.8) is 0 Å². The summed E-state index contributed by atoms with van der Waals surface area (Å²) in [4.78, 5) is 4.33. The van der Waals surface area contributed by atoms with Crippen molar-refractivity contribution >= 4 is 22.3 Å². The lowest BCUT2D eigenvalue weighted by molar-refractivity contribution is 0.0765. The maximum absolute atomic E-state index is 5.94. The van der Waals surface area contributed by atoms with Crippen LogP contribution in [0.5, 0.6) is 0 Å². The third-order valence-corrected chi connectivity index (χ3v) is 3.14. The molecule has 0 spiro atoms. The average Bonchev–Trinajstić information content (AvgIpc) is 2.45. The van der Waals surface area contributed by atoms with Crippen LogP contribution in [0, 0.1) is 0 Å². The van der Waals surface area contributed by atoms with Gasteiger partial charge in [-0.05, 0) is 51.0 Å². The second-order valence-corrected chi connectivity index (χ2v) is 5.16. The second kappa shape index (κ2) is 7.10. The number of benzene rings is 1. The molecule has 0 fully saturated rings. The monoisotopic (exact) mass is 273 g/mol. The number of nitrogens with one attached hydrogen (secondary N) is 1. The van der Waals surface area contributed by atoms with Crippen LogP contribution in [0.15, 0.2) is 30.5 Å². The molecule has 0 aliphatic carbocycles. The van der Waals surface area contributed by atoms with Crippen LogP contribution in [0.2, 0.25) is 0 Å². The van der Waals surface area contributed by atoms with E-state index in [1.54, 1.807) is 6.20 Å². The van der Waals surface area contributed by atoms with Crippen LogP contribution >= 0.6 is 0 Å². The van der Waals surface area contributed by atoms with E-state index in [1.165, 1.54) is 0 Å². The summed E-state index contributed by atoms with van der Waals surface area (Å²) < 4.78 is 5.53. The Kier molecular flexibility index (Phi) is 5.18. The minimum Gasteiger partial charge on any atom is -0.397 e. The molecule has 0 bridgehead atoms. The van der Waals surface area contributed by atoms with Crippen molar-refractivity contribution in [3.05, 3.63) is 30.5 Å².